The van der Waals surface area contributed by atoms with Gasteiger partial charge in [-0.05, 0) is 38.5 Å². The summed E-state index contributed by atoms with van der Waals surface area (Å²) in [6, 6.07) is 4.40. The van der Waals surface area contributed by atoms with E-state index in [9.17, 15) is 19.8 Å². The number of allylic oxidation sites excluding steroid dienone is 1. The number of nitrogens with one attached hydrogen (secondary N) is 1. The van der Waals surface area contributed by atoms with Gasteiger partial charge in [0.05, 0.1) is 42.0 Å². The van der Waals surface area contributed by atoms with Crippen LogP contribution < -0.4 is 14.8 Å². The van der Waals surface area contributed by atoms with Gasteiger partial charge < -0.3 is 25.0 Å². The number of aromatic nitrogens is 1. The number of pyridine rings is 1. The number of rotatable bonds is 6. The number of aliphatic carboxylic acids is 1. The molecule has 0 fully saturated rings. The zero-order chi connectivity index (χ0) is 21.3. The van der Waals surface area contributed by atoms with Crippen LogP contribution in [0.4, 0.5) is 5.69 Å². The fourth-order valence-electron chi connectivity index (χ4n) is 3.59. The lowest BCUT2D eigenvalue weighted by Crippen LogP contribution is -2.25. The number of aromatic carboxylic acids is 1. The first kappa shape index (κ1) is 20.2. The van der Waals surface area contributed by atoms with E-state index in [4.69, 9.17) is 9.47 Å². The average Bonchev–Trinajstić information content (AvgIpc) is 2.68. The van der Waals surface area contributed by atoms with Crippen molar-refractivity contribution in [3.05, 3.63) is 57.9 Å². The Kier molecular flexibility index (Phi) is 5.45. The summed E-state index contributed by atoms with van der Waals surface area (Å²) in [4.78, 5) is 27.9. The van der Waals surface area contributed by atoms with E-state index in [1.165, 1.54) is 19.2 Å². The predicted octanol–water partition coefficient (Wildman–Crippen LogP) is 3.41. The fourth-order valence-corrected chi connectivity index (χ4v) is 3.59. The first-order valence-corrected chi connectivity index (χ1v) is 9.04. The topological polar surface area (TPSA) is 118 Å². The number of hydrogen-bond acceptors (Lipinski definition) is 6. The van der Waals surface area contributed by atoms with Gasteiger partial charge in [-0.15, -0.1) is 0 Å². The van der Waals surface area contributed by atoms with Crippen LogP contribution >= 0.6 is 0 Å². The average molecular weight is 398 g/mol. The number of benzene rings is 1. The highest BCUT2D eigenvalue weighted by Crippen LogP contribution is 2.48. The summed E-state index contributed by atoms with van der Waals surface area (Å²) in [5.74, 6) is -2.35. The molecule has 1 aromatic heterocycles. The largest absolute Gasteiger partial charge is 0.496 e. The molecule has 1 atom stereocenters. The number of aryl methyl sites for hydroxylation is 1. The summed E-state index contributed by atoms with van der Waals surface area (Å²) >= 11 is 0. The zero-order valence-corrected chi connectivity index (χ0v) is 16.6. The molecular weight excluding hydrogens is 376 g/mol. The maximum atomic E-state index is 12.2. The molecule has 8 heteroatoms. The Morgan fingerprint density at radius 1 is 1.21 bits per heavy atom. The molecule has 0 saturated heterocycles. The van der Waals surface area contributed by atoms with Crippen molar-refractivity contribution < 1.29 is 29.3 Å². The molecular formula is C21H22N2O6. The van der Waals surface area contributed by atoms with Crippen LogP contribution in [-0.4, -0.2) is 40.9 Å². The number of nitrogens with zero attached hydrogens (tertiary/aromatic N) is 1. The third-order valence-corrected chi connectivity index (χ3v) is 4.87. The maximum absolute atomic E-state index is 12.2. The normalized spacial score (nSPS) is 15.4. The number of ether oxygens (including phenoxy) is 2. The molecule has 0 bridgehead atoms. The molecule has 1 aliphatic heterocycles. The van der Waals surface area contributed by atoms with Crippen molar-refractivity contribution in [3.63, 3.8) is 0 Å². The molecule has 0 unspecified atom stereocenters. The van der Waals surface area contributed by atoms with Gasteiger partial charge >= 0.3 is 11.9 Å². The smallest absolute Gasteiger partial charge is 0.335 e. The first-order valence-electron chi connectivity index (χ1n) is 9.04. The summed E-state index contributed by atoms with van der Waals surface area (Å²) in [6.45, 7) is 5.74. The molecule has 0 saturated carbocycles. The van der Waals surface area contributed by atoms with E-state index >= 15 is 0 Å². The van der Waals surface area contributed by atoms with Crippen LogP contribution in [0.3, 0.4) is 0 Å². The summed E-state index contributed by atoms with van der Waals surface area (Å²) in [7, 11) is 1.42. The standard InChI is InChI=1S/C21H22N2O6/c1-5-29-19-17-16(13-7-6-12(20(24)25)8-14(13)28-4)15(21(26)27)11(3)23-18(17)10(2)9-22-19/h6-9,16,23H,5H2,1-4H3,(H,24,25)(H,26,27)/t16-/m1/s1. The van der Waals surface area contributed by atoms with E-state index < -0.39 is 17.9 Å². The van der Waals surface area contributed by atoms with Crippen molar-refractivity contribution in [1.82, 2.24) is 4.98 Å². The van der Waals surface area contributed by atoms with E-state index in [0.29, 0.717) is 29.3 Å². The molecule has 2 aromatic rings. The molecule has 0 aliphatic carbocycles. The van der Waals surface area contributed by atoms with Gasteiger partial charge in [-0.1, -0.05) is 6.07 Å². The van der Waals surface area contributed by atoms with Crippen LogP contribution in [0.5, 0.6) is 11.6 Å². The Balaban J connectivity index is 2.36. The number of carboxylic acid groups (broad SMARTS) is 2. The highest BCUT2D eigenvalue weighted by molar-refractivity contribution is 5.95. The van der Waals surface area contributed by atoms with Crippen molar-refractivity contribution in [3.8, 4) is 11.6 Å². The minimum Gasteiger partial charge on any atom is -0.496 e. The van der Waals surface area contributed by atoms with E-state index in [1.54, 1.807) is 19.2 Å². The Morgan fingerprint density at radius 2 is 1.93 bits per heavy atom. The molecule has 29 heavy (non-hydrogen) atoms. The van der Waals surface area contributed by atoms with Crippen LogP contribution in [0.25, 0.3) is 0 Å². The van der Waals surface area contributed by atoms with Gasteiger partial charge in [0.2, 0.25) is 5.88 Å². The van der Waals surface area contributed by atoms with E-state index in [2.05, 4.69) is 10.3 Å². The number of fused-ring (bicyclic) bond motifs is 1. The third kappa shape index (κ3) is 3.49. The second-order valence-corrected chi connectivity index (χ2v) is 6.63. The van der Waals surface area contributed by atoms with Gasteiger partial charge in [0.25, 0.3) is 0 Å². The number of carboxylic acids is 2. The van der Waals surface area contributed by atoms with Gasteiger partial charge in [0.15, 0.2) is 0 Å². The number of methoxy groups -OCH3 is 1. The van der Waals surface area contributed by atoms with Crippen molar-refractivity contribution in [2.75, 3.05) is 19.0 Å². The summed E-state index contributed by atoms with van der Waals surface area (Å²) in [5.41, 5.74) is 3.30. The van der Waals surface area contributed by atoms with Gasteiger partial charge in [0.1, 0.15) is 5.75 Å². The molecule has 0 radical (unpaired) electrons. The van der Waals surface area contributed by atoms with Gasteiger partial charge in [-0.25, -0.2) is 14.6 Å². The molecule has 1 aromatic carbocycles. The van der Waals surface area contributed by atoms with E-state index in [0.717, 1.165) is 11.3 Å². The highest BCUT2D eigenvalue weighted by Gasteiger charge is 2.37. The second-order valence-electron chi connectivity index (χ2n) is 6.63. The molecule has 1 aliphatic rings. The van der Waals surface area contributed by atoms with Crippen LogP contribution in [-0.2, 0) is 4.79 Å². The predicted molar refractivity (Wildman–Crippen MR) is 106 cm³/mol. The molecule has 3 rings (SSSR count). The molecule has 0 amide bonds. The lowest BCUT2D eigenvalue weighted by Gasteiger charge is -2.32. The van der Waals surface area contributed by atoms with Gasteiger partial charge in [-0.2, -0.15) is 0 Å². The SMILES string of the molecule is CCOc1ncc(C)c2c1[C@H](c1ccc(C(=O)O)cc1OC)C(C(=O)O)=C(C)N2. The molecule has 2 heterocycles. The van der Waals surface area contributed by atoms with Crippen molar-refractivity contribution in [2.45, 2.75) is 26.7 Å². The Labute approximate surface area is 167 Å². The Morgan fingerprint density at radius 3 is 2.52 bits per heavy atom. The molecule has 3 N–H and O–H groups in total. The highest BCUT2D eigenvalue weighted by atomic mass is 16.5. The first-order chi connectivity index (χ1) is 13.8. The van der Waals surface area contributed by atoms with Crippen LogP contribution in [0.2, 0.25) is 0 Å². The van der Waals surface area contributed by atoms with Gasteiger partial charge in [0, 0.05) is 17.5 Å². The Hall–Kier alpha value is -3.55. The summed E-state index contributed by atoms with van der Waals surface area (Å²) < 4.78 is 11.1. The zero-order valence-electron chi connectivity index (χ0n) is 16.6. The lowest BCUT2D eigenvalue weighted by atomic mass is 9.79. The number of anilines is 1. The minimum atomic E-state index is -1.10. The van der Waals surface area contributed by atoms with Crippen LogP contribution in [0.1, 0.15) is 46.8 Å². The monoisotopic (exact) mass is 398 g/mol. The van der Waals surface area contributed by atoms with Crippen LogP contribution in [0, 0.1) is 6.92 Å². The lowest BCUT2D eigenvalue weighted by molar-refractivity contribution is -0.133. The summed E-state index contributed by atoms with van der Waals surface area (Å²) in [5, 5.41) is 22.4. The molecule has 0 spiro atoms. The van der Waals surface area contributed by atoms with Crippen molar-refractivity contribution in [2.24, 2.45) is 0 Å². The maximum Gasteiger partial charge on any atom is 0.335 e. The van der Waals surface area contributed by atoms with Gasteiger partial charge in [-0.3, -0.25) is 0 Å². The van der Waals surface area contributed by atoms with E-state index in [-0.39, 0.29) is 16.9 Å². The number of carbonyl (C=O) groups is 2. The molecule has 152 valence electrons. The third-order valence-electron chi connectivity index (χ3n) is 4.87. The minimum absolute atomic E-state index is 0.0460. The second kappa shape index (κ2) is 7.83. The van der Waals surface area contributed by atoms with Crippen molar-refractivity contribution in [1.29, 1.82) is 0 Å². The Bertz CT molecular complexity index is 1030. The van der Waals surface area contributed by atoms with E-state index in [1.807, 2.05) is 13.8 Å². The van der Waals surface area contributed by atoms with Crippen molar-refractivity contribution >= 4 is 17.6 Å². The quantitative estimate of drug-likeness (QED) is 0.677. The summed E-state index contributed by atoms with van der Waals surface area (Å²) in [6.07, 6.45) is 1.66. The molecule has 8 nitrogen and oxygen atoms in total. The fraction of sp³-hybridized carbons (Fsp3) is 0.286. The van der Waals surface area contributed by atoms with Crippen LogP contribution in [0.15, 0.2) is 35.7 Å². The number of hydrogen-bond donors (Lipinski definition) is 3.